The molecule has 0 spiro atoms. The summed E-state index contributed by atoms with van der Waals surface area (Å²) in [5, 5.41) is 6.92. The van der Waals surface area contributed by atoms with Gasteiger partial charge in [0.1, 0.15) is 22.3 Å². The average molecular weight is 458 g/mol. The monoisotopic (exact) mass is 458 g/mol. The van der Waals surface area contributed by atoms with Gasteiger partial charge < -0.3 is 10.1 Å². The van der Waals surface area contributed by atoms with Crippen LogP contribution in [0.25, 0.3) is 11.1 Å². The van der Waals surface area contributed by atoms with E-state index in [9.17, 15) is 22.4 Å². The number of methoxy groups -OCH3 is 1. The number of benzene rings is 2. The number of sulfonamides is 1. The molecule has 2 N–H and O–H groups in total. The van der Waals surface area contributed by atoms with Crippen LogP contribution in [0, 0.1) is 12.7 Å². The third kappa shape index (κ3) is 3.94. The van der Waals surface area contributed by atoms with Gasteiger partial charge in [-0.2, -0.15) is 9.78 Å². The van der Waals surface area contributed by atoms with E-state index < -0.39 is 15.8 Å². The Morgan fingerprint density at radius 2 is 1.84 bits per heavy atom. The van der Waals surface area contributed by atoms with Crippen molar-refractivity contribution in [2.24, 2.45) is 0 Å². The Labute approximate surface area is 183 Å². The molecule has 32 heavy (non-hydrogen) atoms. The van der Waals surface area contributed by atoms with Gasteiger partial charge in [-0.05, 0) is 48.9 Å². The van der Waals surface area contributed by atoms with Crippen molar-refractivity contribution in [3.8, 4) is 16.9 Å². The summed E-state index contributed by atoms with van der Waals surface area (Å²) in [5.74, 6) is -0.902. The molecule has 0 unspecified atom stereocenters. The van der Waals surface area contributed by atoms with Gasteiger partial charge in [-0.25, -0.2) is 12.8 Å². The summed E-state index contributed by atoms with van der Waals surface area (Å²) in [7, 11) is -2.79. The van der Waals surface area contributed by atoms with Crippen LogP contribution in [0.15, 0.2) is 47.4 Å². The van der Waals surface area contributed by atoms with Crippen molar-refractivity contribution in [2.45, 2.75) is 24.7 Å². The molecule has 166 valence electrons. The highest BCUT2D eigenvalue weighted by Crippen LogP contribution is 2.37. The van der Waals surface area contributed by atoms with Crippen molar-refractivity contribution < 1.29 is 27.1 Å². The Morgan fingerprint density at radius 3 is 2.53 bits per heavy atom. The van der Waals surface area contributed by atoms with Gasteiger partial charge in [0.15, 0.2) is 0 Å². The Balaban J connectivity index is 1.82. The van der Waals surface area contributed by atoms with E-state index in [1.807, 2.05) is 0 Å². The molecule has 0 bridgehead atoms. The van der Waals surface area contributed by atoms with Gasteiger partial charge in [-0.3, -0.25) is 14.3 Å². The maximum atomic E-state index is 13.2. The summed E-state index contributed by atoms with van der Waals surface area (Å²) in [6, 6.07) is 9.32. The van der Waals surface area contributed by atoms with Crippen molar-refractivity contribution in [2.75, 3.05) is 17.1 Å². The fraction of sp³-hybridized carbons (Fsp3) is 0.190. The molecule has 2 heterocycles. The van der Waals surface area contributed by atoms with Crippen LogP contribution < -0.4 is 14.8 Å². The van der Waals surface area contributed by atoms with Crippen LogP contribution in [0.4, 0.5) is 15.9 Å². The van der Waals surface area contributed by atoms with Crippen LogP contribution >= 0.6 is 0 Å². The standard InChI is InChI=1S/C21H19FN4O5S/c1-12-20(21-23-18(27)9-10-19(28)26(21)24-12)13-3-8-16(31-2)17(11-13)32(29,30)25-15-6-4-14(22)5-7-15/h3-8,11,25H,9-10H2,1-2H3,(H,23,27). The van der Waals surface area contributed by atoms with Crippen molar-refractivity contribution >= 4 is 33.3 Å². The zero-order valence-corrected chi connectivity index (χ0v) is 18.0. The molecule has 0 aliphatic carbocycles. The lowest BCUT2D eigenvalue weighted by atomic mass is 10.1. The number of fused-ring (bicyclic) bond motifs is 1. The molecule has 4 rings (SSSR count). The first-order valence-electron chi connectivity index (χ1n) is 9.59. The lowest BCUT2D eigenvalue weighted by molar-refractivity contribution is -0.116. The third-order valence-corrected chi connectivity index (χ3v) is 6.36. The highest BCUT2D eigenvalue weighted by atomic mass is 32.2. The first-order valence-corrected chi connectivity index (χ1v) is 11.1. The molecule has 1 aliphatic heterocycles. The predicted octanol–water partition coefficient (Wildman–Crippen LogP) is 3.18. The molecule has 11 heteroatoms. The number of nitrogens with zero attached hydrogens (tertiary/aromatic N) is 2. The van der Waals surface area contributed by atoms with Crippen molar-refractivity contribution in [1.82, 2.24) is 9.78 Å². The molecular formula is C21H19FN4O5S. The zero-order chi connectivity index (χ0) is 23.0. The van der Waals surface area contributed by atoms with Crippen molar-refractivity contribution in [3.05, 3.63) is 54.0 Å². The predicted molar refractivity (Wildman–Crippen MR) is 115 cm³/mol. The summed E-state index contributed by atoms with van der Waals surface area (Å²) >= 11 is 0. The SMILES string of the molecule is COc1ccc(-c2c(C)nn3c2NC(=O)CCC3=O)cc1S(=O)(=O)Nc1ccc(F)cc1. The van der Waals surface area contributed by atoms with Gasteiger partial charge in [-0.15, -0.1) is 0 Å². The number of anilines is 2. The van der Waals surface area contributed by atoms with Gasteiger partial charge in [0.2, 0.25) is 11.8 Å². The summed E-state index contributed by atoms with van der Waals surface area (Å²) in [6.07, 6.45) is 0.0493. The number of carbonyl (C=O) groups is 2. The van der Waals surface area contributed by atoms with E-state index in [0.29, 0.717) is 16.8 Å². The van der Waals surface area contributed by atoms with E-state index in [0.717, 1.165) is 16.8 Å². The van der Waals surface area contributed by atoms with Gasteiger partial charge in [0.25, 0.3) is 10.0 Å². The largest absolute Gasteiger partial charge is 0.495 e. The fourth-order valence-corrected chi connectivity index (χ4v) is 4.71. The quantitative estimate of drug-likeness (QED) is 0.606. The molecule has 9 nitrogen and oxygen atoms in total. The molecule has 0 radical (unpaired) electrons. The highest BCUT2D eigenvalue weighted by molar-refractivity contribution is 7.92. The lowest BCUT2D eigenvalue weighted by Crippen LogP contribution is -2.14. The Hall–Kier alpha value is -3.73. The molecule has 0 saturated heterocycles. The average Bonchev–Trinajstić information content (AvgIpc) is 3.01. The Bertz CT molecular complexity index is 1330. The minimum Gasteiger partial charge on any atom is -0.495 e. The second-order valence-electron chi connectivity index (χ2n) is 7.14. The number of aryl methyl sites for hydroxylation is 1. The van der Waals surface area contributed by atoms with Crippen LogP contribution in [-0.4, -0.2) is 37.1 Å². The minimum atomic E-state index is -4.12. The van der Waals surface area contributed by atoms with Crippen LogP contribution in [0.3, 0.4) is 0 Å². The van der Waals surface area contributed by atoms with Crippen LogP contribution in [0.5, 0.6) is 5.75 Å². The topological polar surface area (TPSA) is 119 Å². The second kappa shape index (κ2) is 8.08. The minimum absolute atomic E-state index is 0.0171. The molecule has 1 aromatic heterocycles. The van der Waals surface area contributed by atoms with E-state index in [1.165, 1.54) is 31.4 Å². The van der Waals surface area contributed by atoms with Gasteiger partial charge in [0, 0.05) is 24.1 Å². The molecule has 0 saturated carbocycles. The Morgan fingerprint density at radius 1 is 1.12 bits per heavy atom. The van der Waals surface area contributed by atoms with Crippen molar-refractivity contribution in [1.29, 1.82) is 0 Å². The smallest absolute Gasteiger partial charge is 0.265 e. The number of amides is 1. The van der Waals surface area contributed by atoms with Crippen molar-refractivity contribution in [3.63, 3.8) is 0 Å². The first-order chi connectivity index (χ1) is 15.2. The zero-order valence-electron chi connectivity index (χ0n) is 17.2. The van der Waals surface area contributed by atoms with E-state index >= 15 is 0 Å². The van der Waals surface area contributed by atoms with Crippen LogP contribution in [-0.2, 0) is 14.8 Å². The number of hydrogen-bond donors (Lipinski definition) is 2. The number of hydrogen-bond acceptors (Lipinski definition) is 6. The van der Waals surface area contributed by atoms with Gasteiger partial charge >= 0.3 is 0 Å². The molecule has 2 aromatic carbocycles. The maximum absolute atomic E-state index is 13.2. The summed E-state index contributed by atoms with van der Waals surface area (Å²) in [4.78, 5) is 24.3. The highest BCUT2D eigenvalue weighted by Gasteiger charge is 2.28. The van der Waals surface area contributed by atoms with E-state index in [2.05, 4.69) is 15.1 Å². The Kier molecular flexibility index (Phi) is 5.43. The fourth-order valence-electron chi connectivity index (χ4n) is 3.46. The molecule has 3 aromatic rings. The van der Waals surface area contributed by atoms with Gasteiger partial charge in [0.05, 0.1) is 12.8 Å². The van der Waals surface area contributed by atoms with E-state index in [1.54, 1.807) is 13.0 Å². The number of carbonyl (C=O) groups excluding carboxylic acids is 2. The number of halogens is 1. The van der Waals surface area contributed by atoms with Crippen LogP contribution in [0.2, 0.25) is 0 Å². The number of aromatic nitrogens is 2. The van der Waals surface area contributed by atoms with E-state index in [-0.39, 0.29) is 46.8 Å². The first kappa shape index (κ1) is 21.5. The molecule has 1 aliphatic rings. The molecular weight excluding hydrogens is 439 g/mol. The van der Waals surface area contributed by atoms with Gasteiger partial charge in [-0.1, -0.05) is 6.07 Å². The number of rotatable bonds is 5. The van der Waals surface area contributed by atoms with E-state index in [4.69, 9.17) is 4.74 Å². The second-order valence-corrected chi connectivity index (χ2v) is 8.79. The van der Waals surface area contributed by atoms with Crippen LogP contribution in [0.1, 0.15) is 23.3 Å². The number of ether oxygens (including phenoxy) is 1. The normalized spacial score (nSPS) is 13.8. The number of nitrogens with one attached hydrogen (secondary N) is 2. The summed E-state index contributed by atoms with van der Waals surface area (Å²) in [5.41, 5.74) is 1.45. The lowest BCUT2D eigenvalue weighted by Gasteiger charge is -2.14. The summed E-state index contributed by atoms with van der Waals surface area (Å²) < 4.78 is 48.1. The summed E-state index contributed by atoms with van der Waals surface area (Å²) in [6.45, 7) is 1.66. The third-order valence-electron chi connectivity index (χ3n) is 4.96. The molecule has 0 atom stereocenters. The maximum Gasteiger partial charge on any atom is 0.265 e. The molecule has 0 fully saturated rings. The molecule has 1 amide bonds.